The average molecular weight is 349 g/mol. The summed E-state index contributed by atoms with van der Waals surface area (Å²) >= 11 is 0. The normalized spacial score (nSPS) is 13.9. The van der Waals surface area contributed by atoms with E-state index in [-0.39, 0.29) is 0 Å². The van der Waals surface area contributed by atoms with Gasteiger partial charge in [0, 0.05) is 49.2 Å². The smallest absolute Gasteiger partial charge is 0.163 e. The lowest BCUT2D eigenvalue weighted by Crippen LogP contribution is -2.16. The molecule has 0 amide bonds. The third-order valence-corrected chi connectivity index (χ3v) is 4.50. The van der Waals surface area contributed by atoms with E-state index in [1.165, 1.54) is 11.1 Å². The Morgan fingerprint density at radius 2 is 2.12 bits per heavy atom. The first-order chi connectivity index (χ1) is 12.8. The van der Waals surface area contributed by atoms with Crippen LogP contribution in [0.1, 0.15) is 16.8 Å². The van der Waals surface area contributed by atoms with Crippen molar-refractivity contribution in [3.8, 4) is 11.4 Å². The van der Waals surface area contributed by atoms with Crippen molar-refractivity contribution in [2.75, 3.05) is 25.0 Å². The van der Waals surface area contributed by atoms with Crippen LogP contribution in [-0.2, 0) is 19.4 Å². The molecule has 0 fully saturated rings. The van der Waals surface area contributed by atoms with Gasteiger partial charge in [0.05, 0.1) is 18.4 Å². The van der Waals surface area contributed by atoms with Gasteiger partial charge in [0.25, 0.3) is 0 Å². The highest BCUT2D eigenvalue weighted by molar-refractivity contribution is 5.59. The zero-order valence-corrected chi connectivity index (χ0v) is 14.9. The lowest BCUT2D eigenvalue weighted by Gasteiger charge is -2.15. The molecule has 0 aliphatic carbocycles. The van der Waals surface area contributed by atoms with Gasteiger partial charge < -0.3 is 10.6 Å². The molecule has 2 N–H and O–H groups in total. The summed E-state index contributed by atoms with van der Waals surface area (Å²) in [6.07, 6.45) is 9.36. The molecule has 0 radical (unpaired) electrons. The fourth-order valence-corrected chi connectivity index (χ4v) is 3.19. The number of fused-ring (bicyclic) bond motifs is 1. The molecule has 4 rings (SSSR count). The van der Waals surface area contributed by atoms with Gasteiger partial charge in [-0.2, -0.15) is 5.10 Å². The quantitative estimate of drug-likeness (QED) is 0.732. The molecule has 1 aliphatic rings. The summed E-state index contributed by atoms with van der Waals surface area (Å²) in [4.78, 5) is 13.8. The minimum Gasteiger partial charge on any atom is -0.368 e. The van der Waals surface area contributed by atoms with Gasteiger partial charge in [0.2, 0.25) is 0 Å². The fourth-order valence-electron chi connectivity index (χ4n) is 3.19. The van der Waals surface area contributed by atoms with E-state index in [1.807, 2.05) is 35.4 Å². The number of rotatable bonds is 5. The molecule has 0 spiro atoms. The van der Waals surface area contributed by atoms with E-state index in [0.29, 0.717) is 0 Å². The summed E-state index contributed by atoms with van der Waals surface area (Å²) in [6, 6.07) is 3.92. The molecule has 0 atom stereocenters. The zero-order chi connectivity index (χ0) is 17.8. The van der Waals surface area contributed by atoms with Gasteiger partial charge in [-0.15, -0.1) is 0 Å². The highest BCUT2D eigenvalue weighted by Crippen LogP contribution is 2.24. The molecule has 0 saturated heterocycles. The number of nitrogens with zero attached hydrogens (tertiary/aromatic N) is 5. The van der Waals surface area contributed by atoms with Gasteiger partial charge in [0.1, 0.15) is 5.82 Å². The Morgan fingerprint density at radius 1 is 1.19 bits per heavy atom. The maximum atomic E-state index is 4.83. The molecule has 0 bridgehead atoms. The van der Waals surface area contributed by atoms with Crippen LogP contribution in [0.15, 0.2) is 36.9 Å². The molecule has 0 saturated carbocycles. The largest absolute Gasteiger partial charge is 0.368 e. The molecule has 7 nitrogen and oxygen atoms in total. The second kappa shape index (κ2) is 7.61. The second-order valence-electron chi connectivity index (χ2n) is 6.52. The number of pyridine rings is 1. The van der Waals surface area contributed by atoms with Crippen LogP contribution in [0.5, 0.6) is 0 Å². The number of nitrogens with one attached hydrogen (secondary N) is 2. The van der Waals surface area contributed by atoms with Crippen molar-refractivity contribution in [3.63, 3.8) is 0 Å². The van der Waals surface area contributed by atoms with Crippen LogP contribution in [-0.4, -0.2) is 44.4 Å². The van der Waals surface area contributed by atoms with Crippen LogP contribution < -0.4 is 10.6 Å². The molecule has 3 aromatic heterocycles. The van der Waals surface area contributed by atoms with Crippen molar-refractivity contribution < 1.29 is 0 Å². The summed E-state index contributed by atoms with van der Waals surface area (Å²) in [5.41, 5.74) is 4.46. The Hall–Kier alpha value is -2.80. The van der Waals surface area contributed by atoms with Crippen molar-refractivity contribution in [1.82, 2.24) is 30.0 Å². The topological polar surface area (TPSA) is 80.6 Å². The van der Waals surface area contributed by atoms with Gasteiger partial charge in [-0.3, -0.25) is 9.67 Å². The molecule has 0 aromatic carbocycles. The molecule has 134 valence electrons. The average Bonchev–Trinajstić information content (AvgIpc) is 2.93. The third-order valence-electron chi connectivity index (χ3n) is 4.50. The van der Waals surface area contributed by atoms with Crippen LogP contribution in [0.4, 0.5) is 5.82 Å². The van der Waals surface area contributed by atoms with Gasteiger partial charge in [-0.25, -0.2) is 9.97 Å². The maximum absolute atomic E-state index is 4.83. The lowest BCUT2D eigenvalue weighted by molar-refractivity contribution is 0.636. The molecule has 3 aromatic rings. The van der Waals surface area contributed by atoms with Crippen molar-refractivity contribution in [1.29, 1.82) is 0 Å². The summed E-state index contributed by atoms with van der Waals surface area (Å²) in [6.45, 7) is 5.52. The first-order valence-corrected chi connectivity index (χ1v) is 9.03. The predicted octanol–water partition coefficient (Wildman–Crippen LogP) is 1.84. The highest BCUT2D eigenvalue weighted by Gasteiger charge is 2.17. The SMILES string of the molecule is Cc1cnn(CCNc2nc(-c3cccnc3)nc3c2CCNCC3)c1. The third kappa shape index (κ3) is 3.72. The molecule has 4 heterocycles. The fraction of sp³-hybridized carbons (Fsp3) is 0.368. The molecule has 1 aliphatic heterocycles. The summed E-state index contributed by atoms with van der Waals surface area (Å²) < 4.78 is 1.95. The van der Waals surface area contributed by atoms with Crippen LogP contribution in [0, 0.1) is 6.92 Å². The Bertz CT molecular complexity index is 873. The maximum Gasteiger partial charge on any atom is 0.163 e. The van der Waals surface area contributed by atoms with E-state index in [4.69, 9.17) is 9.97 Å². The minimum absolute atomic E-state index is 0.733. The van der Waals surface area contributed by atoms with E-state index in [1.54, 1.807) is 6.20 Å². The van der Waals surface area contributed by atoms with Crippen molar-refractivity contribution in [2.24, 2.45) is 0 Å². The van der Waals surface area contributed by atoms with Gasteiger partial charge >= 0.3 is 0 Å². The van der Waals surface area contributed by atoms with Gasteiger partial charge in [-0.1, -0.05) is 0 Å². The molecular weight excluding hydrogens is 326 g/mol. The highest BCUT2D eigenvalue weighted by atomic mass is 15.3. The first-order valence-electron chi connectivity index (χ1n) is 9.03. The van der Waals surface area contributed by atoms with E-state index < -0.39 is 0 Å². The van der Waals surface area contributed by atoms with Gasteiger partial charge in [0.15, 0.2) is 5.82 Å². The lowest BCUT2D eigenvalue weighted by atomic mass is 10.1. The molecule has 26 heavy (non-hydrogen) atoms. The Kier molecular flexibility index (Phi) is 4.88. The van der Waals surface area contributed by atoms with E-state index in [9.17, 15) is 0 Å². The van der Waals surface area contributed by atoms with Crippen molar-refractivity contribution in [2.45, 2.75) is 26.3 Å². The monoisotopic (exact) mass is 349 g/mol. The van der Waals surface area contributed by atoms with Gasteiger partial charge in [-0.05, 0) is 37.6 Å². The zero-order valence-electron chi connectivity index (χ0n) is 14.9. The number of aryl methyl sites for hydroxylation is 1. The van der Waals surface area contributed by atoms with Crippen LogP contribution >= 0.6 is 0 Å². The molecule has 7 heteroatoms. The Labute approximate surface area is 152 Å². The summed E-state index contributed by atoms with van der Waals surface area (Å²) in [7, 11) is 0. The van der Waals surface area contributed by atoms with E-state index >= 15 is 0 Å². The molecule has 0 unspecified atom stereocenters. The first kappa shape index (κ1) is 16.7. The predicted molar refractivity (Wildman–Crippen MR) is 101 cm³/mol. The second-order valence-corrected chi connectivity index (χ2v) is 6.52. The number of hydrogen-bond donors (Lipinski definition) is 2. The molecular formula is C19H23N7. The Morgan fingerprint density at radius 3 is 2.92 bits per heavy atom. The van der Waals surface area contributed by atoms with Crippen molar-refractivity contribution in [3.05, 3.63) is 53.7 Å². The number of anilines is 1. The Balaban J connectivity index is 1.60. The standard InChI is InChI=1S/C19H23N7/c1-14-11-23-26(13-14)10-9-22-19-16-4-7-20-8-5-17(16)24-18(25-19)15-3-2-6-21-12-15/h2-3,6,11-13,20H,4-5,7-10H2,1H3,(H,22,24,25). The van der Waals surface area contributed by atoms with Crippen LogP contribution in [0.3, 0.4) is 0 Å². The van der Waals surface area contributed by atoms with Crippen LogP contribution in [0.2, 0.25) is 0 Å². The van der Waals surface area contributed by atoms with E-state index in [2.05, 4.69) is 27.6 Å². The number of hydrogen-bond acceptors (Lipinski definition) is 6. The summed E-state index contributed by atoms with van der Waals surface area (Å²) in [5.74, 6) is 1.66. The van der Waals surface area contributed by atoms with E-state index in [0.717, 1.165) is 61.9 Å². The number of aromatic nitrogens is 5. The van der Waals surface area contributed by atoms with Crippen molar-refractivity contribution >= 4 is 5.82 Å². The van der Waals surface area contributed by atoms with Crippen LogP contribution in [0.25, 0.3) is 11.4 Å². The minimum atomic E-state index is 0.733. The summed E-state index contributed by atoms with van der Waals surface area (Å²) in [5, 5.41) is 11.3.